The van der Waals surface area contributed by atoms with Crippen LogP contribution in [0, 0.1) is 5.92 Å². The first-order valence-corrected chi connectivity index (χ1v) is 12.7. The van der Waals surface area contributed by atoms with Crippen molar-refractivity contribution in [3.63, 3.8) is 0 Å². The maximum Gasteiger partial charge on any atom is 0.339 e. The van der Waals surface area contributed by atoms with Crippen LogP contribution in [0.25, 0.3) is 10.9 Å². The highest BCUT2D eigenvalue weighted by molar-refractivity contribution is 7.89. The molecule has 0 spiro atoms. The van der Waals surface area contributed by atoms with Crippen molar-refractivity contribution in [3.05, 3.63) is 65.9 Å². The van der Waals surface area contributed by atoms with Crippen molar-refractivity contribution in [2.45, 2.75) is 30.8 Å². The van der Waals surface area contributed by atoms with Gasteiger partial charge in [0, 0.05) is 35.8 Å². The molecule has 0 saturated carbocycles. The summed E-state index contributed by atoms with van der Waals surface area (Å²) in [6.07, 6.45) is 1.11. The standard InChI is InChI=1S/C25H26N2O7S/c1-16(23(28)20-15-26-21-9-5-3-7-18(20)21)34-24(29)17-11-13-27(14-12-17)35(31,32)22-10-6-4-8-19(22)25(30)33-2/h3-10,15-17,26H,11-14H2,1-2H3. The molecule has 0 aliphatic carbocycles. The number of ether oxygens (including phenoxy) is 2. The Kier molecular flexibility index (Phi) is 7.04. The second-order valence-corrected chi connectivity index (χ2v) is 10.3. The van der Waals surface area contributed by atoms with Gasteiger partial charge in [-0.1, -0.05) is 30.3 Å². The Morgan fingerprint density at radius 3 is 2.37 bits per heavy atom. The normalized spacial score (nSPS) is 16.1. The summed E-state index contributed by atoms with van der Waals surface area (Å²) >= 11 is 0. The molecule has 3 aromatic rings. The van der Waals surface area contributed by atoms with Gasteiger partial charge in [0.05, 0.1) is 23.5 Å². The molecule has 1 N–H and O–H groups in total. The number of Topliss-reactive ketones (excluding diaryl/α,β-unsaturated/α-hetero) is 1. The minimum atomic E-state index is -3.96. The molecule has 1 aliphatic rings. The Balaban J connectivity index is 1.39. The summed E-state index contributed by atoms with van der Waals surface area (Å²) < 4.78 is 37.7. The topological polar surface area (TPSA) is 123 Å². The van der Waals surface area contributed by atoms with E-state index in [0.29, 0.717) is 5.56 Å². The van der Waals surface area contributed by atoms with Gasteiger partial charge in [0.25, 0.3) is 0 Å². The average molecular weight is 499 g/mol. The van der Waals surface area contributed by atoms with Crippen molar-refractivity contribution >= 4 is 38.6 Å². The van der Waals surface area contributed by atoms with Crippen molar-refractivity contribution in [1.29, 1.82) is 0 Å². The number of fused-ring (bicyclic) bond motifs is 1. The number of sulfonamides is 1. The van der Waals surface area contributed by atoms with E-state index in [0.717, 1.165) is 10.9 Å². The third-order valence-corrected chi connectivity index (χ3v) is 8.17. The molecule has 10 heteroatoms. The predicted molar refractivity (Wildman–Crippen MR) is 127 cm³/mol. The minimum absolute atomic E-state index is 0.0406. The summed E-state index contributed by atoms with van der Waals surface area (Å²) in [5.74, 6) is -2.11. The summed E-state index contributed by atoms with van der Waals surface area (Å²) in [5, 5.41) is 0.756. The first-order valence-electron chi connectivity index (χ1n) is 11.2. The molecule has 9 nitrogen and oxygen atoms in total. The van der Waals surface area contributed by atoms with Crippen molar-refractivity contribution < 1.29 is 32.3 Å². The molecule has 1 saturated heterocycles. The van der Waals surface area contributed by atoms with Crippen LogP contribution in [-0.2, 0) is 24.3 Å². The molecule has 35 heavy (non-hydrogen) atoms. The highest BCUT2D eigenvalue weighted by Crippen LogP contribution is 2.27. The van der Waals surface area contributed by atoms with E-state index >= 15 is 0 Å². The molecule has 0 bridgehead atoms. The van der Waals surface area contributed by atoms with Gasteiger partial charge in [-0.3, -0.25) is 9.59 Å². The van der Waals surface area contributed by atoms with Gasteiger partial charge in [0.1, 0.15) is 0 Å². The van der Waals surface area contributed by atoms with Crippen molar-refractivity contribution in [1.82, 2.24) is 9.29 Å². The molecule has 184 valence electrons. The maximum absolute atomic E-state index is 13.2. The van der Waals surface area contributed by atoms with Crippen LogP contribution in [0.2, 0.25) is 0 Å². The Morgan fingerprint density at radius 1 is 1.00 bits per heavy atom. The van der Waals surface area contributed by atoms with Gasteiger partial charge in [-0.05, 0) is 38.0 Å². The zero-order valence-corrected chi connectivity index (χ0v) is 20.2. The fourth-order valence-electron chi connectivity index (χ4n) is 4.26. The van der Waals surface area contributed by atoms with Crippen LogP contribution in [0.5, 0.6) is 0 Å². The number of nitrogens with one attached hydrogen (secondary N) is 1. The lowest BCUT2D eigenvalue weighted by molar-refractivity contribution is -0.152. The van der Waals surface area contributed by atoms with E-state index in [9.17, 15) is 22.8 Å². The molecule has 2 heterocycles. The molecule has 1 fully saturated rings. The molecular weight excluding hydrogens is 472 g/mol. The molecule has 0 amide bonds. The monoisotopic (exact) mass is 498 g/mol. The molecule has 1 aromatic heterocycles. The number of esters is 2. The number of hydrogen-bond donors (Lipinski definition) is 1. The lowest BCUT2D eigenvalue weighted by Gasteiger charge is -2.31. The number of nitrogens with zero attached hydrogens (tertiary/aromatic N) is 1. The summed E-state index contributed by atoms with van der Waals surface area (Å²) in [6, 6.07) is 13.2. The Bertz CT molecular complexity index is 1370. The number of benzene rings is 2. The highest BCUT2D eigenvalue weighted by atomic mass is 32.2. The molecule has 0 radical (unpaired) electrons. The van der Waals surface area contributed by atoms with E-state index in [2.05, 4.69) is 4.98 Å². The number of carbonyl (C=O) groups excluding carboxylic acids is 3. The Hall–Kier alpha value is -3.50. The van der Waals surface area contributed by atoms with Gasteiger partial charge in [-0.25, -0.2) is 13.2 Å². The van der Waals surface area contributed by atoms with E-state index in [1.807, 2.05) is 24.3 Å². The van der Waals surface area contributed by atoms with Crippen molar-refractivity contribution in [3.8, 4) is 0 Å². The van der Waals surface area contributed by atoms with Crippen LogP contribution in [0.4, 0.5) is 0 Å². The number of para-hydroxylation sites is 1. The zero-order valence-electron chi connectivity index (χ0n) is 19.4. The molecule has 1 unspecified atom stereocenters. The molecule has 1 atom stereocenters. The third kappa shape index (κ3) is 4.85. The number of ketones is 1. The molecular formula is C25H26N2O7S. The fraction of sp³-hybridized carbons (Fsp3) is 0.320. The number of aromatic nitrogens is 1. The predicted octanol–water partition coefficient (Wildman–Crippen LogP) is 3.17. The quantitative estimate of drug-likeness (QED) is 0.392. The zero-order chi connectivity index (χ0) is 25.2. The summed E-state index contributed by atoms with van der Waals surface area (Å²) in [5.41, 5.74) is 1.23. The third-order valence-electron chi connectivity index (χ3n) is 6.21. The van der Waals surface area contributed by atoms with Crippen LogP contribution in [-0.4, -0.2) is 61.7 Å². The van der Waals surface area contributed by atoms with Crippen LogP contribution < -0.4 is 0 Å². The van der Waals surface area contributed by atoms with Crippen LogP contribution in [0.3, 0.4) is 0 Å². The summed E-state index contributed by atoms with van der Waals surface area (Å²) in [6.45, 7) is 1.70. The summed E-state index contributed by atoms with van der Waals surface area (Å²) in [7, 11) is -2.77. The van der Waals surface area contributed by atoms with E-state index in [-0.39, 0.29) is 42.2 Å². The van der Waals surface area contributed by atoms with Gasteiger partial charge in [-0.15, -0.1) is 0 Å². The second-order valence-electron chi connectivity index (χ2n) is 8.36. The minimum Gasteiger partial charge on any atom is -0.465 e. The Labute approximate surface area is 203 Å². The first kappa shape index (κ1) is 24.6. The number of aromatic amines is 1. The van der Waals surface area contributed by atoms with Gasteiger partial charge in [-0.2, -0.15) is 4.31 Å². The van der Waals surface area contributed by atoms with Gasteiger partial charge in [0.2, 0.25) is 15.8 Å². The average Bonchev–Trinajstić information content (AvgIpc) is 3.32. The molecule has 2 aromatic carbocycles. The van der Waals surface area contributed by atoms with Gasteiger partial charge >= 0.3 is 11.9 Å². The van der Waals surface area contributed by atoms with E-state index in [1.54, 1.807) is 12.3 Å². The van der Waals surface area contributed by atoms with Crippen LogP contribution >= 0.6 is 0 Å². The first-order chi connectivity index (χ1) is 16.7. The largest absolute Gasteiger partial charge is 0.465 e. The lowest BCUT2D eigenvalue weighted by Crippen LogP contribution is -2.41. The Morgan fingerprint density at radius 2 is 1.66 bits per heavy atom. The smallest absolute Gasteiger partial charge is 0.339 e. The number of piperidine rings is 1. The number of hydrogen-bond acceptors (Lipinski definition) is 7. The molecule has 4 rings (SSSR count). The van der Waals surface area contributed by atoms with Gasteiger partial charge in [0.15, 0.2) is 6.10 Å². The fourth-order valence-corrected chi connectivity index (χ4v) is 5.91. The number of rotatable bonds is 7. The number of carbonyl (C=O) groups is 3. The van der Waals surface area contributed by atoms with E-state index < -0.39 is 34.0 Å². The second kappa shape index (κ2) is 10.0. The molecule has 1 aliphatic heterocycles. The summed E-state index contributed by atoms with van der Waals surface area (Å²) in [4.78, 5) is 40.5. The number of methoxy groups -OCH3 is 1. The highest BCUT2D eigenvalue weighted by Gasteiger charge is 2.35. The lowest BCUT2D eigenvalue weighted by atomic mass is 9.98. The van der Waals surface area contributed by atoms with Gasteiger partial charge < -0.3 is 14.5 Å². The SMILES string of the molecule is COC(=O)c1ccccc1S(=O)(=O)N1CCC(C(=O)OC(C)C(=O)c2c[nH]c3ccccc23)CC1. The number of H-pyrrole nitrogens is 1. The van der Waals surface area contributed by atoms with Crippen LogP contribution in [0.1, 0.15) is 40.5 Å². The van der Waals surface area contributed by atoms with Crippen LogP contribution in [0.15, 0.2) is 59.6 Å². The van der Waals surface area contributed by atoms with E-state index in [4.69, 9.17) is 9.47 Å². The maximum atomic E-state index is 13.2. The van der Waals surface area contributed by atoms with Crippen molar-refractivity contribution in [2.24, 2.45) is 5.92 Å². The van der Waals surface area contributed by atoms with E-state index in [1.165, 1.54) is 36.5 Å². The van der Waals surface area contributed by atoms with Crippen molar-refractivity contribution in [2.75, 3.05) is 20.2 Å².